The Morgan fingerprint density at radius 3 is 2.56 bits per heavy atom. The molecule has 6 nitrogen and oxygen atoms in total. The lowest BCUT2D eigenvalue weighted by molar-refractivity contribution is -0.117. The largest absolute Gasteiger partial charge is 0.493 e. The SMILES string of the molecule is COc1ccc(CC(=O)Nc2ccc(C)c(N3CCCC3=O)c2)cc1OC. The van der Waals surface area contributed by atoms with Crippen molar-refractivity contribution in [2.75, 3.05) is 31.0 Å². The summed E-state index contributed by atoms with van der Waals surface area (Å²) in [5.41, 5.74) is 3.39. The lowest BCUT2D eigenvalue weighted by atomic mass is 10.1. The molecular weight excluding hydrogens is 344 g/mol. The Labute approximate surface area is 159 Å². The summed E-state index contributed by atoms with van der Waals surface area (Å²) in [5.74, 6) is 1.21. The topological polar surface area (TPSA) is 67.9 Å². The van der Waals surface area contributed by atoms with Gasteiger partial charge in [-0.05, 0) is 48.7 Å². The third-order valence-electron chi connectivity index (χ3n) is 4.67. The van der Waals surface area contributed by atoms with Gasteiger partial charge in [0.2, 0.25) is 11.8 Å². The Bertz CT molecular complexity index is 863. The van der Waals surface area contributed by atoms with Crippen LogP contribution in [0.25, 0.3) is 0 Å². The van der Waals surface area contributed by atoms with E-state index in [1.54, 1.807) is 31.3 Å². The zero-order chi connectivity index (χ0) is 19.4. The molecule has 6 heteroatoms. The summed E-state index contributed by atoms with van der Waals surface area (Å²) >= 11 is 0. The Morgan fingerprint density at radius 2 is 1.89 bits per heavy atom. The van der Waals surface area contributed by atoms with E-state index in [0.29, 0.717) is 23.6 Å². The molecule has 0 aliphatic carbocycles. The molecule has 27 heavy (non-hydrogen) atoms. The molecule has 0 saturated carbocycles. The Morgan fingerprint density at radius 1 is 1.11 bits per heavy atom. The molecule has 2 aromatic rings. The second kappa shape index (κ2) is 8.12. The zero-order valence-electron chi connectivity index (χ0n) is 15.9. The fourth-order valence-electron chi connectivity index (χ4n) is 3.26. The van der Waals surface area contributed by atoms with E-state index in [0.717, 1.165) is 29.8 Å². The molecule has 0 radical (unpaired) electrons. The van der Waals surface area contributed by atoms with Crippen molar-refractivity contribution in [3.63, 3.8) is 0 Å². The highest BCUT2D eigenvalue weighted by Crippen LogP contribution is 2.29. The molecule has 0 unspecified atom stereocenters. The van der Waals surface area contributed by atoms with Crippen LogP contribution in [-0.4, -0.2) is 32.6 Å². The maximum atomic E-state index is 12.5. The van der Waals surface area contributed by atoms with Gasteiger partial charge in [0, 0.05) is 24.3 Å². The first kappa shape index (κ1) is 18.8. The highest BCUT2D eigenvalue weighted by Gasteiger charge is 2.23. The predicted molar refractivity (Wildman–Crippen MR) is 105 cm³/mol. The number of nitrogens with zero attached hydrogens (tertiary/aromatic N) is 1. The van der Waals surface area contributed by atoms with Crippen molar-refractivity contribution < 1.29 is 19.1 Å². The molecule has 1 fully saturated rings. The number of amides is 2. The Balaban J connectivity index is 1.72. The van der Waals surface area contributed by atoms with Gasteiger partial charge in [-0.3, -0.25) is 9.59 Å². The van der Waals surface area contributed by atoms with Gasteiger partial charge >= 0.3 is 0 Å². The fraction of sp³-hybridized carbons (Fsp3) is 0.333. The van der Waals surface area contributed by atoms with Gasteiger partial charge in [-0.2, -0.15) is 0 Å². The van der Waals surface area contributed by atoms with Gasteiger partial charge in [0.15, 0.2) is 11.5 Å². The third-order valence-corrected chi connectivity index (χ3v) is 4.67. The molecule has 1 heterocycles. The summed E-state index contributed by atoms with van der Waals surface area (Å²) in [5, 5.41) is 2.91. The fourth-order valence-corrected chi connectivity index (χ4v) is 3.26. The normalized spacial score (nSPS) is 13.6. The second-order valence-corrected chi connectivity index (χ2v) is 6.56. The minimum Gasteiger partial charge on any atom is -0.493 e. The number of nitrogens with one attached hydrogen (secondary N) is 1. The van der Waals surface area contributed by atoms with Crippen molar-refractivity contribution in [1.82, 2.24) is 0 Å². The van der Waals surface area contributed by atoms with Gasteiger partial charge in [0.25, 0.3) is 0 Å². The lowest BCUT2D eigenvalue weighted by Crippen LogP contribution is -2.24. The summed E-state index contributed by atoms with van der Waals surface area (Å²) < 4.78 is 10.5. The Kier molecular flexibility index (Phi) is 5.64. The number of methoxy groups -OCH3 is 2. The van der Waals surface area contributed by atoms with Crippen LogP contribution in [0.3, 0.4) is 0 Å². The number of carbonyl (C=O) groups is 2. The number of aryl methyl sites for hydroxylation is 1. The molecule has 0 spiro atoms. The van der Waals surface area contributed by atoms with Crippen LogP contribution in [0.1, 0.15) is 24.0 Å². The van der Waals surface area contributed by atoms with Gasteiger partial charge < -0.3 is 19.7 Å². The van der Waals surface area contributed by atoms with Crippen LogP contribution < -0.4 is 19.7 Å². The molecule has 1 aliphatic heterocycles. The highest BCUT2D eigenvalue weighted by atomic mass is 16.5. The van der Waals surface area contributed by atoms with Crippen molar-refractivity contribution in [2.24, 2.45) is 0 Å². The van der Waals surface area contributed by atoms with E-state index in [9.17, 15) is 9.59 Å². The van der Waals surface area contributed by atoms with E-state index in [1.807, 2.05) is 31.2 Å². The lowest BCUT2D eigenvalue weighted by Gasteiger charge is -2.19. The van der Waals surface area contributed by atoms with Crippen molar-refractivity contribution >= 4 is 23.2 Å². The molecule has 1 saturated heterocycles. The van der Waals surface area contributed by atoms with Crippen LogP contribution in [0, 0.1) is 6.92 Å². The highest BCUT2D eigenvalue weighted by molar-refractivity contribution is 5.98. The summed E-state index contributed by atoms with van der Waals surface area (Å²) in [4.78, 5) is 26.3. The minimum atomic E-state index is -0.134. The number of carbonyl (C=O) groups excluding carboxylic acids is 2. The van der Waals surface area contributed by atoms with Crippen LogP contribution in [0.5, 0.6) is 11.5 Å². The quantitative estimate of drug-likeness (QED) is 0.849. The summed E-state index contributed by atoms with van der Waals surface area (Å²) in [6.07, 6.45) is 1.66. The van der Waals surface area contributed by atoms with Gasteiger partial charge in [0.1, 0.15) is 0 Å². The molecular formula is C21H24N2O4. The number of rotatable bonds is 6. The first-order valence-electron chi connectivity index (χ1n) is 8.93. The molecule has 3 rings (SSSR count). The number of hydrogen-bond acceptors (Lipinski definition) is 4. The van der Waals surface area contributed by atoms with E-state index >= 15 is 0 Å². The molecule has 0 atom stereocenters. The van der Waals surface area contributed by atoms with Gasteiger partial charge in [0.05, 0.1) is 20.6 Å². The minimum absolute atomic E-state index is 0.131. The van der Waals surface area contributed by atoms with Crippen LogP contribution in [-0.2, 0) is 16.0 Å². The molecule has 1 N–H and O–H groups in total. The maximum absolute atomic E-state index is 12.5. The smallest absolute Gasteiger partial charge is 0.228 e. The van der Waals surface area contributed by atoms with Gasteiger partial charge in [-0.15, -0.1) is 0 Å². The van der Waals surface area contributed by atoms with E-state index in [-0.39, 0.29) is 18.2 Å². The van der Waals surface area contributed by atoms with E-state index in [1.165, 1.54) is 0 Å². The molecule has 142 valence electrons. The first-order valence-corrected chi connectivity index (χ1v) is 8.93. The third kappa shape index (κ3) is 4.22. The van der Waals surface area contributed by atoms with Crippen molar-refractivity contribution in [1.29, 1.82) is 0 Å². The predicted octanol–water partition coefficient (Wildman–Crippen LogP) is 3.32. The van der Waals surface area contributed by atoms with E-state index < -0.39 is 0 Å². The number of hydrogen-bond donors (Lipinski definition) is 1. The van der Waals surface area contributed by atoms with Crippen molar-refractivity contribution in [3.05, 3.63) is 47.5 Å². The van der Waals surface area contributed by atoms with Crippen molar-refractivity contribution in [2.45, 2.75) is 26.2 Å². The molecule has 2 amide bonds. The summed E-state index contributed by atoms with van der Waals surface area (Å²) in [6, 6.07) is 11.1. The molecule has 2 aromatic carbocycles. The second-order valence-electron chi connectivity index (χ2n) is 6.56. The number of ether oxygens (including phenoxy) is 2. The van der Waals surface area contributed by atoms with Crippen molar-refractivity contribution in [3.8, 4) is 11.5 Å². The van der Waals surface area contributed by atoms with E-state index in [2.05, 4.69) is 5.32 Å². The van der Waals surface area contributed by atoms with Crippen LogP contribution in [0.4, 0.5) is 11.4 Å². The maximum Gasteiger partial charge on any atom is 0.228 e. The first-order chi connectivity index (χ1) is 13.0. The molecule has 0 bridgehead atoms. The van der Waals surface area contributed by atoms with Gasteiger partial charge in [-0.25, -0.2) is 0 Å². The number of benzene rings is 2. The standard InChI is InChI=1S/C21H24N2O4/c1-14-6-8-16(13-17(14)23-10-4-5-21(23)25)22-20(24)12-15-7-9-18(26-2)19(11-15)27-3/h6-9,11,13H,4-5,10,12H2,1-3H3,(H,22,24). The summed E-state index contributed by atoms with van der Waals surface area (Å²) in [7, 11) is 3.14. The van der Waals surface area contributed by atoms with Crippen LogP contribution in [0.15, 0.2) is 36.4 Å². The van der Waals surface area contributed by atoms with Crippen LogP contribution in [0.2, 0.25) is 0 Å². The molecule has 0 aromatic heterocycles. The zero-order valence-corrected chi connectivity index (χ0v) is 15.9. The van der Waals surface area contributed by atoms with Crippen LogP contribution >= 0.6 is 0 Å². The molecule has 1 aliphatic rings. The number of anilines is 2. The average Bonchev–Trinajstić information content (AvgIpc) is 3.08. The van der Waals surface area contributed by atoms with Gasteiger partial charge in [-0.1, -0.05) is 12.1 Å². The summed E-state index contributed by atoms with van der Waals surface area (Å²) in [6.45, 7) is 2.69. The monoisotopic (exact) mass is 368 g/mol. The average molecular weight is 368 g/mol. The van der Waals surface area contributed by atoms with E-state index in [4.69, 9.17) is 9.47 Å². The Hall–Kier alpha value is -3.02.